The first kappa shape index (κ1) is 35.4. The summed E-state index contributed by atoms with van der Waals surface area (Å²) in [5, 5.41) is 13.6. The number of benzene rings is 2. The van der Waals surface area contributed by atoms with E-state index >= 15 is 0 Å². The summed E-state index contributed by atoms with van der Waals surface area (Å²) < 4.78 is 45.5. The molecule has 4 rings (SSSR count). The standard InChI is InChI=1S/C18H19F3N2O.C14H21NO.CH3NO/c1-10-7-8-22-12(3)18(10)23-9-11(2)14-5-6-15(24-13(4)19)17(21)16(14)20;1-3-12-8-11(2)4-5-13(12)9-14(16)6-7-15-10-14;2-1-3/h5-10,13H,1-4H3;4-5,8,15-16H,3,6-7,9-10H2,1-2H3;1H,(H2,2,3)/b11-9+,23-18?;;. The summed E-state index contributed by atoms with van der Waals surface area (Å²) in [5.41, 5.74) is 9.65. The number of allylic oxidation sites excluding steroid dienone is 2. The maximum absolute atomic E-state index is 14.2. The molecule has 4 N–H and O–H groups in total. The van der Waals surface area contributed by atoms with Gasteiger partial charge in [0.1, 0.15) is 0 Å². The van der Waals surface area contributed by atoms with Gasteiger partial charge in [-0.2, -0.15) is 4.39 Å². The molecule has 0 saturated carbocycles. The number of carbonyl (C=O) groups excluding carboxylic acids is 1. The fourth-order valence-corrected chi connectivity index (χ4v) is 4.81. The number of halogens is 3. The first-order valence-corrected chi connectivity index (χ1v) is 14.3. The van der Waals surface area contributed by atoms with Crippen LogP contribution in [0.1, 0.15) is 63.3 Å². The van der Waals surface area contributed by atoms with Gasteiger partial charge in [-0.1, -0.05) is 43.7 Å². The van der Waals surface area contributed by atoms with Crippen LogP contribution in [0.4, 0.5) is 13.2 Å². The van der Waals surface area contributed by atoms with Crippen LogP contribution in [-0.2, 0) is 17.6 Å². The zero-order valence-corrected chi connectivity index (χ0v) is 25.8. The van der Waals surface area contributed by atoms with Crippen molar-refractivity contribution in [1.29, 1.82) is 0 Å². The molecular formula is C33H43F3N4O3. The summed E-state index contributed by atoms with van der Waals surface area (Å²) in [6.45, 7) is 12.5. The Balaban J connectivity index is 0.000000293. The molecule has 2 heterocycles. The summed E-state index contributed by atoms with van der Waals surface area (Å²) in [6.07, 6.45) is 6.30. The number of primary amides is 1. The first-order chi connectivity index (χ1) is 20.3. The van der Waals surface area contributed by atoms with Crippen LogP contribution in [0.25, 0.3) is 5.57 Å². The van der Waals surface area contributed by atoms with E-state index < -0.39 is 29.3 Å². The highest BCUT2D eigenvalue weighted by molar-refractivity contribution is 6.43. The molecule has 10 heteroatoms. The number of ether oxygens (including phenoxy) is 1. The second-order valence-electron chi connectivity index (χ2n) is 10.7. The highest BCUT2D eigenvalue weighted by atomic mass is 19.2. The molecule has 0 bridgehead atoms. The number of nitrogens with one attached hydrogen (secondary N) is 1. The molecule has 2 aliphatic heterocycles. The molecule has 0 aliphatic carbocycles. The molecule has 3 atom stereocenters. The Bertz CT molecular complexity index is 1360. The molecule has 2 aliphatic rings. The largest absolute Gasteiger partial charge is 0.458 e. The number of hydrogen-bond acceptors (Lipinski definition) is 6. The summed E-state index contributed by atoms with van der Waals surface area (Å²) in [4.78, 5) is 17.1. The lowest BCUT2D eigenvalue weighted by Crippen LogP contribution is -2.34. The van der Waals surface area contributed by atoms with Crippen LogP contribution < -0.4 is 15.8 Å². The molecule has 1 amide bonds. The Labute approximate surface area is 252 Å². The molecule has 1 saturated heterocycles. The van der Waals surface area contributed by atoms with Crippen LogP contribution in [0.5, 0.6) is 5.75 Å². The molecule has 2 aromatic carbocycles. The SMILES string of the molecule is CC1=NC=CC(C)C1=N/C=C(\C)c1ccc(OC(C)F)c(F)c1F.CCc1cc(C)ccc1CC1(O)CCNC1.NC=O. The van der Waals surface area contributed by atoms with Gasteiger partial charge in [-0.15, -0.1) is 0 Å². The summed E-state index contributed by atoms with van der Waals surface area (Å²) in [5.74, 6) is -2.68. The lowest BCUT2D eigenvalue weighted by Gasteiger charge is -2.23. The van der Waals surface area contributed by atoms with Crippen LogP contribution >= 0.6 is 0 Å². The fraction of sp³-hybridized carbons (Fsp3) is 0.424. The van der Waals surface area contributed by atoms with Crippen molar-refractivity contribution in [1.82, 2.24) is 5.32 Å². The van der Waals surface area contributed by atoms with Crippen molar-refractivity contribution in [3.05, 3.63) is 82.7 Å². The average molecular weight is 601 g/mol. The number of aryl methyl sites for hydroxylation is 2. The summed E-state index contributed by atoms with van der Waals surface area (Å²) in [6, 6.07) is 9.09. The van der Waals surface area contributed by atoms with E-state index in [-0.39, 0.29) is 17.9 Å². The predicted octanol–water partition coefficient (Wildman–Crippen LogP) is 6.01. The molecule has 0 radical (unpaired) electrons. The highest BCUT2D eigenvalue weighted by Crippen LogP contribution is 2.28. The molecule has 7 nitrogen and oxygen atoms in total. The molecule has 43 heavy (non-hydrogen) atoms. The van der Waals surface area contributed by atoms with Crippen LogP contribution in [0, 0.1) is 24.5 Å². The van der Waals surface area contributed by atoms with Gasteiger partial charge >= 0.3 is 0 Å². The first-order valence-electron chi connectivity index (χ1n) is 14.3. The van der Waals surface area contributed by atoms with Crippen molar-refractivity contribution in [2.45, 2.75) is 72.8 Å². The van der Waals surface area contributed by atoms with E-state index in [0.717, 1.165) is 50.7 Å². The number of carbonyl (C=O) groups is 1. The van der Waals surface area contributed by atoms with E-state index in [1.807, 2.05) is 19.9 Å². The van der Waals surface area contributed by atoms with E-state index in [1.54, 1.807) is 13.1 Å². The van der Waals surface area contributed by atoms with E-state index in [2.05, 4.69) is 57.8 Å². The summed E-state index contributed by atoms with van der Waals surface area (Å²) in [7, 11) is 0. The van der Waals surface area contributed by atoms with Crippen LogP contribution in [-0.4, -0.2) is 48.0 Å². The van der Waals surface area contributed by atoms with Crippen molar-refractivity contribution >= 4 is 23.4 Å². The van der Waals surface area contributed by atoms with Crippen molar-refractivity contribution in [2.75, 3.05) is 13.1 Å². The number of β-amino-alcohol motifs (C(OH)–C–C–N with tert-alkyl or cyclic N) is 1. The molecular weight excluding hydrogens is 557 g/mol. The number of nitrogens with two attached hydrogens (primary N) is 1. The minimum atomic E-state index is -1.73. The quantitative estimate of drug-likeness (QED) is 0.338. The Morgan fingerprint density at radius 2 is 1.95 bits per heavy atom. The lowest BCUT2D eigenvalue weighted by molar-refractivity contribution is -0.106. The van der Waals surface area contributed by atoms with Crippen LogP contribution in [0.2, 0.25) is 0 Å². The summed E-state index contributed by atoms with van der Waals surface area (Å²) >= 11 is 0. The lowest BCUT2D eigenvalue weighted by atomic mass is 9.89. The molecule has 2 aromatic rings. The number of aliphatic imine (C=N–C) groups is 2. The van der Waals surface area contributed by atoms with Crippen LogP contribution in [0.15, 0.2) is 58.8 Å². The van der Waals surface area contributed by atoms with Gasteiger partial charge in [0.2, 0.25) is 18.6 Å². The van der Waals surface area contributed by atoms with Gasteiger partial charge in [-0.25, -0.2) is 8.78 Å². The predicted molar refractivity (Wildman–Crippen MR) is 167 cm³/mol. The monoisotopic (exact) mass is 600 g/mol. The molecule has 1 fully saturated rings. The van der Waals surface area contributed by atoms with Gasteiger partial charge in [0.05, 0.1) is 17.0 Å². The second-order valence-corrected chi connectivity index (χ2v) is 10.7. The molecule has 0 aromatic heterocycles. The molecule has 234 valence electrons. The normalized spacial score (nSPS) is 21.3. The van der Waals surface area contributed by atoms with Gasteiger partial charge in [0.15, 0.2) is 11.6 Å². The van der Waals surface area contributed by atoms with Crippen molar-refractivity contribution in [2.24, 2.45) is 21.6 Å². The Kier molecular flexibility index (Phi) is 13.8. The maximum Gasteiger partial charge on any atom is 0.235 e. The fourth-order valence-electron chi connectivity index (χ4n) is 4.81. The van der Waals surface area contributed by atoms with Crippen molar-refractivity contribution in [3.63, 3.8) is 0 Å². The number of aliphatic hydroxyl groups is 1. The van der Waals surface area contributed by atoms with E-state index in [0.29, 0.717) is 5.57 Å². The zero-order chi connectivity index (χ0) is 32.2. The third-order valence-corrected chi connectivity index (χ3v) is 7.09. The minimum absolute atomic E-state index is 0.0457. The van der Waals surface area contributed by atoms with Gasteiger partial charge in [0.25, 0.3) is 0 Å². The van der Waals surface area contributed by atoms with Crippen molar-refractivity contribution < 1.29 is 27.8 Å². The van der Waals surface area contributed by atoms with Crippen LogP contribution in [0.3, 0.4) is 0 Å². The number of nitrogens with zero attached hydrogens (tertiary/aromatic N) is 2. The van der Waals surface area contributed by atoms with E-state index in [9.17, 15) is 18.3 Å². The smallest absolute Gasteiger partial charge is 0.235 e. The number of hydrogen-bond donors (Lipinski definition) is 3. The minimum Gasteiger partial charge on any atom is -0.458 e. The van der Waals surface area contributed by atoms with Crippen molar-refractivity contribution in [3.8, 4) is 5.75 Å². The van der Waals surface area contributed by atoms with Gasteiger partial charge in [0, 0.05) is 43.8 Å². The Morgan fingerprint density at radius 1 is 1.26 bits per heavy atom. The number of amides is 1. The Hall–Kier alpha value is -3.76. The van der Waals surface area contributed by atoms with Gasteiger partial charge < -0.3 is 20.9 Å². The third-order valence-electron chi connectivity index (χ3n) is 7.09. The van der Waals surface area contributed by atoms with E-state index in [1.165, 1.54) is 35.0 Å². The van der Waals surface area contributed by atoms with E-state index in [4.69, 9.17) is 4.79 Å². The van der Waals surface area contributed by atoms with Gasteiger partial charge in [-0.05, 0) is 69.0 Å². The third kappa shape index (κ3) is 10.5. The topological polar surface area (TPSA) is 109 Å². The number of rotatable bonds is 7. The molecule has 3 unspecified atom stereocenters. The Morgan fingerprint density at radius 3 is 2.53 bits per heavy atom. The molecule has 0 spiro atoms. The zero-order valence-electron chi connectivity index (χ0n) is 25.8. The maximum atomic E-state index is 14.2. The number of alkyl halides is 1. The van der Waals surface area contributed by atoms with Gasteiger partial charge in [-0.3, -0.25) is 14.8 Å². The highest BCUT2D eigenvalue weighted by Gasteiger charge is 2.31. The second kappa shape index (κ2) is 16.8. The average Bonchev–Trinajstić information content (AvgIpc) is 3.38.